The zero-order valence-electron chi connectivity index (χ0n) is 14.8. The highest BCUT2D eigenvalue weighted by atomic mass is 16.6. The van der Waals surface area contributed by atoms with Gasteiger partial charge in [0.05, 0.1) is 11.7 Å². The summed E-state index contributed by atoms with van der Waals surface area (Å²) in [6.07, 6.45) is 6.51. The molecule has 3 aliphatic rings. The van der Waals surface area contributed by atoms with Crippen molar-refractivity contribution in [1.82, 2.24) is 0 Å². The molecule has 3 heteroatoms. The SMILES string of the molecule is C=C1C2=C[C@H](O)[C@@H](C)[C@]1(C)CC/C(C)=C/CC[C@@]1(C)O[C@@H]1[C@@H]2O. The molecule has 0 aromatic rings. The van der Waals surface area contributed by atoms with E-state index in [1.165, 1.54) is 5.57 Å². The van der Waals surface area contributed by atoms with Crippen molar-refractivity contribution < 1.29 is 14.9 Å². The first-order chi connectivity index (χ1) is 10.7. The lowest BCUT2D eigenvalue weighted by Crippen LogP contribution is -2.42. The first-order valence-electron chi connectivity index (χ1n) is 8.80. The summed E-state index contributed by atoms with van der Waals surface area (Å²) >= 11 is 0. The Balaban J connectivity index is 2.01. The lowest BCUT2D eigenvalue weighted by molar-refractivity contribution is 0.0667. The maximum Gasteiger partial charge on any atom is 0.117 e. The summed E-state index contributed by atoms with van der Waals surface area (Å²) in [7, 11) is 0. The van der Waals surface area contributed by atoms with Crippen LogP contribution in [-0.4, -0.2) is 34.1 Å². The van der Waals surface area contributed by atoms with Gasteiger partial charge in [0.15, 0.2) is 0 Å². The number of epoxide rings is 1. The topological polar surface area (TPSA) is 53.0 Å². The fourth-order valence-corrected chi connectivity index (χ4v) is 4.25. The van der Waals surface area contributed by atoms with E-state index in [2.05, 4.69) is 40.3 Å². The second kappa shape index (κ2) is 5.58. The average molecular weight is 318 g/mol. The summed E-state index contributed by atoms with van der Waals surface area (Å²) < 4.78 is 5.86. The smallest absolute Gasteiger partial charge is 0.117 e. The van der Waals surface area contributed by atoms with E-state index in [-0.39, 0.29) is 23.0 Å². The molecule has 0 saturated carbocycles. The molecule has 3 nitrogen and oxygen atoms in total. The van der Waals surface area contributed by atoms with E-state index in [1.54, 1.807) is 6.08 Å². The van der Waals surface area contributed by atoms with Crippen molar-refractivity contribution in [1.29, 1.82) is 0 Å². The number of ether oxygens (including phenoxy) is 1. The normalized spacial score (nSPS) is 49.9. The highest BCUT2D eigenvalue weighted by Crippen LogP contribution is 2.52. The van der Waals surface area contributed by atoms with Crippen LogP contribution in [0.4, 0.5) is 0 Å². The van der Waals surface area contributed by atoms with Gasteiger partial charge in [-0.15, -0.1) is 0 Å². The first-order valence-corrected chi connectivity index (χ1v) is 8.80. The van der Waals surface area contributed by atoms with E-state index < -0.39 is 12.2 Å². The summed E-state index contributed by atoms with van der Waals surface area (Å²) in [5.41, 5.74) is 2.67. The van der Waals surface area contributed by atoms with Gasteiger partial charge in [0.25, 0.3) is 0 Å². The maximum atomic E-state index is 10.8. The predicted octanol–water partition coefficient (Wildman–Crippen LogP) is 3.52. The molecule has 0 radical (unpaired) electrons. The van der Waals surface area contributed by atoms with Gasteiger partial charge < -0.3 is 14.9 Å². The summed E-state index contributed by atoms with van der Waals surface area (Å²) in [6, 6.07) is 0. The molecule has 1 aliphatic heterocycles. The quantitative estimate of drug-likeness (QED) is 0.531. The van der Waals surface area contributed by atoms with Crippen molar-refractivity contribution in [3.63, 3.8) is 0 Å². The molecule has 2 bridgehead atoms. The van der Waals surface area contributed by atoms with E-state index in [9.17, 15) is 10.2 Å². The largest absolute Gasteiger partial charge is 0.389 e. The van der Waals surface area contributed by atoms with Crippen molar-refractivity contribution >= 4 is 0 Å². The Morgan fingerprint density at radius 3 is 2.65 bits per heavy atom. The third-order valence-corrected chi connectivity index (χ3v) is 6.62. The lowest BCUT2D eigenvalue weighted by Gasteiger charge is -2.45. The fraction of sp³-hybridized carbons (Fsp3) is 0.700. The summed E-state index contributed by atoms with van der Waals surface area (Å²) in [5.74, 6) is 0.0909. The molecular formula is C20H30O3. The van der Waals surface area contributed by atoms with Gasteiger partial charge in [-0.05, 0) is 68.1 Å². The molecule has 0 spiro atoms. The van der Waals surface area contributed by atoms with Crippen LogP contribution in [0.2, 0.25) is 0 Å². The van der Waals surface area contributed by atoms with Gasteiger partial charge in [-0.2, -0.15) is 0 Å². The van der Waals surface area contributed by atoms with Gasteiger partial charge in [-0.1, -0.05) is 32.1 Å². The third kappa shape index (κ3) is 2.73. The standard InChI is InChI=1S/C20H30O3/c1-12-7-6-9-20(5)18(23-20)17(22)15-11-16(21)14(3)19(4,10-8-12)13(15)2/h7,11,14,16-18,21-22H,2,6,8-10H2,1,3-5H3/b12-7+/t14-,16+,17-,18-,19-,20-/m1/s1. The van der Waals surface area contributed by atoms with Crippen LogP contribution in [0.1, 0.15) is 53.4 Å². The van der Waals surface area contributed by atoms with Crippen LogP contribution in [-0.2, 0) is 4.74 Å². The van der Waals surface area contributed by atoms with E-state index in [0.717, 1.165) is 36.8 Å². The maximum absolute atomic E-state index is 10.8. The molecule has 2 N–H and O–H groups in total. The van der Waals surface area contributed by atoms with Gasteiger partial charge in [0.2, 0.25) is 0 Å². The second-order valence-corrected chi connectivity index (χ2v) is 8.18. The van der Waals surface area contributed by atoms with Gasteiger partial charge >= 0.3 is 0 Å². The van der Waals surface area contributed by atoms with Crippen molar-refractivity contribution in [2.45, 2.75) is 77.3 Å². The summed E-state index contributed by atoms with van der Waals surface area (Å²) in [6.45, 7) is 12.8. The van der Waals surface area contributed by atoms with Gasteiger partial charge in [0, 0.05) is 0 Å². The molecule has 128 valence electrons. The van der Waals surface area contributed by atoms with Crippen molar-refractivity contribution in [2.24, 2.45) is 11.3 Å². The number of hydrogen-bond donors (Lipinski definition) is 2. The van der Waals surface area contributed by atoms with Crippen LogP contribution in [0.3, 0.4) is 0 Å². The summed E-state index contributed by atoms with van der Waals surface area (Å²) in [5, 5.41) is 21.4. The molecule has 1 heterocycles. The van der Waals surface area contributed by atoms with E-state index in [4.69, 9.17) is 4.74 Å². The predicted molar refractivity (Wildman–Crippen MR) is 92.0 cm³/mol. The Morgan fingerprint density at radius 2 is 1.96 bits per heavy atom. The molecule has 1 saturated heterocycles. The highest BCUT2D eigenvalue weighted by molar-refractivity contribution is 5.43. The average Bonchev–Trinajstić information content (AvgIpc) is 3.17. The zero-order chi connectivity index (χ0) is 17.0. The molecule has 0 unspecified atom stereocenters. The van der Waals surface area contributed by atoms with Crippen LogP contribution in [0.5, 0.6) is 0 Å². The van der Waals surface area contributed by atoms with Crippen molar-refractivity contribution in [3.8, 4) is 0 Å². The molecule has 1 fully saturated rings. The zero-order valence-corrected chi connectivity index (χ0v) is 14.8. The molecule has 0 aromatic heterocycles. The minimum atomic E-state index is -0.696. The van der Waals surface area contributed by atoms with Gasteiger partial charge in [-0.25, -0.2) is 0 Å². The number of rotatable bonds is 0. The Labute approximate surface area is 139 Å². The number of fused-ring (bicyclic) bond motifs is 3. The second-order valence-electron chi connectivity index (χ2n) is 8.18. The van der Waals surface area contributed by atoms with Crippen LogP contribution >= 0.6 is 0 Å². The summed E-state index contributed by atoms with van der Waals surface area (Å²) in [4.78, 5) is 0. The molecule has 3 rings (SSSR count). The Hall–Kier alpha value is -0.900. The van der Waals surface area contributed by atoms with Gasteiger partial charge in [-0.3, -0.25) is 0 Å². The molecule has 2 aliphatic carbocycles. The minimum absolute atomic E-state index is 0.0909. The number of aliphatic hydroxyl groups is 2. The third-order valence-electron chi connectivity index (χ3n) is 6.62. The van der Waals surface area contributed by atoms with E-state index in [1.807, 2.05) is 0 Å². The van der Waals surface area contributed by atoms with Crippen molar-refractivity contribution in [2.75, 3.05) is 0 Å². The monoisotopic (exact) mass is 318 g/mol. The van der Waals surface area contributed by atoms with E-state index in [0.29, 0.717) is 0 Å². The van der Waals surface area contributed by atoms with Crippen LogP contribution < -0.4 is 0 Å². The molecular weight excluding hydrogens is 288 g/mol. The van der Waals surface area contributed by atoms with Gasteiger partial charge in [0.1, 0.15) is 12.2 Å². The molecule has 0 amide bonds. The van der Waals surface area contributed by atoms with Crippen molar-refractivity contribution in [3.05, 3.63) is 35.5 Å². The number of hydrogen-bond acceptors (Lipinski definition) is 3. The fourth-order valence-electron chi connectivity index (χ4n) is 4.25. The molecule has 23 heavy (non-hydrogen) atoms. The number of aliphatic hydroxyl groups excluding tert-OH is 2. The van der Waals surface area contributed by atoms with E-state index >= 15 is 0 Å². The molecule has 0 aromatic carbocycles. The Morgan fingerprint density at radius 1 is 1.26 bits per heavy atom. The van der Waals surface area contributed by atoms with Crippen LogP contribution in [0.25, 0.3) is 0 Å². The minimum Gasteiger partial charge on any atom is -0.389 e. The molecule has 6 atom stereocenters. The van der Waals surface area contributed by atoms with Crippen LogP contribution in [0.15, 0.2) is 35.5 Å². The lowest BCUT2D eigenvalue weighted by atomic mass is 9.61. The highest BCUT2D eigenvalue weighted by Gasteiger charge is 2.57. The number of allylic oxidation sites excluding steroid dienone is 2. The first kappa shape index (κ1) is 16.9. The van der Waals surface area contributed by atoms with Crippen LogP contribution in [0, 0.1) is 11.3 Å². The Bertz CT molecular complexity index is 575. The Kier molecular flexibility index (Phi) is 4.11.